The molecule has 1 aliphatic carbocycles. The number of H-pyrrole nitrogens is 1. The smallest absolute Gasteiger partial charge is 0.253 e. The van der Waals surface area contributed by atoms with Crippen molar-refractivity contribution in [2.75, 3.05) is 7.11 Å². The lowest BCUT2D eigenvalue weighted by molar-refractivity contribution is 0.0234. The molecule has 1 amide bonds. The van der Waals surface area contributed by atoms with Gasteiger partial charge in [-0.15, -0.1) is 0 Å². The van der Waals surface area contributed by atoms with Gasteiger partial charge >= 0.3 is 0 Å². The molecule has 2 aromatic heterocycles. The minimum atomic E-state index is -0.332. The molecule has 2 heterocycles. The Morgan fingerprint density at radius 3 is 2.83 bits per heavy atom. The van der Waals surface area contributed by atoms with Gasteiger partial charge in [-0.25, -0.2) is 0 Å². The van der Waals surface area contributed by atoms with Crippen molar-refractivity contribution in [3.63, 3.8) is 0 Å². The van der Waals surface area contributed by atoms with Gasteiger partial charge in [0.2, 0.25) is 5.56 Å². The molecule has 0 aromatic carbocycles. The van der Waals surface area contributed by atoms with Crippen LogP contribution in [0.25, 0.3) is 0 Å². The predicted octanol–water partition coefficient (Wildman–Crippen LogP) is 1.02. The van der Waals surface area contributed by atoms with Crippen molar-refractivity contribution in [1.29, 1.82) is 0 Å². The second-order valence-corrected chi connectivity index (χ2v) is 5.94. The quantitative estimate of drug-likeness (QED) is 0.760. The molecule has 0 radical (unpaired) electrons. The first-order valence-corrected chi connectivity index (χ1v) is 7.73. The van der Waals surface area contributed by atoms with Gasteiger partial charge in [0.1, 0.15) is 5.75 Å². The van der Waals surface area contributed by atoms with E-state index in [1.54, 1.807) is 19.5 Å². The molecule has 0 unspecified atom stereocenters. The van der Waals surface area contributed by atoms with E-state index in [1.807, 2.05) is 6.07 Å². The topological polar surface area (TPSA) is 104 Å². The summed E-state index contributed by atoms with van der Waals surface area (Å²) in [6, 6.07) is 4.33. The molecule has 1 aliphatic rings. The number of amides is 1. The van der Waals surface area contributed by atoms with Crippen molar-refractivity contribution in [2.24, 2.45) is 5.92 Å². The number of carbonyl (C=O) groups excluding carboxylic acids is 1. The van der Waals surface area contributed by atoms with Crippen LogP contribution < -0.4 is 15.6 Å². The summed E-state index contributed by atoms with van der Waals surface area (Å²) >= 11 is 0. The minimum absolute atomic E-state index is 0.126. The number of methoxy groups -OCH3 is 1. The zero-order valence-corrected chi connectivity index (χ0v) is 13.2. The molecule has 0 saturated heterocycles. The number of nitrogens with one attached hydrogen (secondary N) is 2. The van der Waals surface area contributed by atoms with Crippen LogP contribution in [0.2, 0.25) is 0 Å². The molecule has 7 nitrogen and oxygen atoms in total. The Morgan fingerprint density at radius 1 is 1.42 bits per heavy atom. The monoisotopic (exact) mass is 329 g/mol. The minimum Gasteiger partial charge on any atom is -0.495 e. The van der Waals surface area contributed by atoms with Crippen molar-refractivity contribution in [1.82, 2.24) is 15.3 Å². The lowest BCUT2D eigenvalue weighted by Gasteiger charge is -2.38. The summed E-state index contributed by atoms with van der Waals surface area (Å²) < 4.78 is 5.20. The Balaban J connectivity index is 1.83. The highest BCUT2D eigenvalue weighted by Gasteiger charge is 2.36. The summed E-state index contributed by atoms with van der Waals surface area (Å²) in [6.07, 6.45) is 5.57. The second-order valence-electron chi connectivity index (χ2n) is 5.94. The Morgan fingerprint density at radius 2 is 2.21 bits per heavy atom. The van der Waals surface area contributed by atoms with Crippen molar-refractivity contribution in [2.45, 2.75) is 25.0 Å². The fourth-order valence-electron chi connectivity index (χ4n) is 2.87. The first kappa shape index (κ1) is 16.2. The lowest BCUT2D eigenvalue weighted by Crippen LogP contribution is -2.41. The Bertz CT molecular complexity index is 763. The molecule has 24 heavy (non-hydrogen) atoms. The van der Waals surface area contributed by atoms with Crippen LogP contribution in [0.4, 0.5) is 0 Å². The van der Waals surface area contributed by atoms with E-state index in [1.165, 1.54) is 18.3 Å². The summed E-state index contributed by atoms with van der Waals surface area (Å²) in [6.45, 7) is 0. The number of aromatic amines is 1. The average molecular weight is 329 g/mol. The predicted molar refractivity (Wildman–Crippen MR) is 86.8 cm³/mol. The molecule has 1 saturated carbocycles. The third kappa shape index (κ3) is 3.46. The molecular weight excluding hydrogens is 310 g/mol. The van der Waals surface area contributed by atoms with Gasteiger partial charge in [-0.1, -0.05) is 0 Å². The van der Waals surface area contributed by atoms with E-state index in [0.717, 1.165) is 5.56 Å². The van der Waals surface area contributed by atoms with Gasteiger partial charge < -0.3 is 20.1 Å². The molecule has 7 heteroatoms. The van der Waals surface area contributed by atoms with Crippen LogP contribution in [0.1, 0.15) is 34.8 Å². The van der Waals surface area contributed by atoms with Gasteiger partial charge in [0, 0.05) is 18.5 Å². The summed E-state index contributed by atoms with van der Waals surface area (Å²) in [5, 5.41) is 12.6. The number of hydrogen-bond donors (Lipinski definition) is 3. The number of aromatic nitrogens is 2. The summed E-state index contributed by atoms with van der Waals surface area (Å²) in [5.74, 6) is 0.441. The normalized spacial score (nSPS) is 20.8. The number of aliphatic hydroxyl groups is 1. The van der Waals surface area contributed by atoms with Crippen LogP contribution in [0.5, 0.6) is 5.75 Å². The van der Waals surface area contributed by atoms with E-state index >= 15 is 0 Å². The van der Waals surface area contributed by atoms with Crippen LogP contribution in [-0.4, -0.2) is 34.2 Å². The van der Waals surface area contributed by atoms with E-state index < -0.39 is 0 Å². The molecular formula is C17H19N3O4. The molecule has 3 rings (SSSR count). The van der Waals surface area contributed by atoms with Gasteiger partial charge in [0.25, 0.3) is 5.91 Å². The number of nitrogens with zero attached hydrogens (tertiary/aromatic N) is 1. The maximum Gasteiger partial charge on any atom is 0.253 e. The number of pyridine rings is 2. The zero-order valence-electron chi connectivity index (χ0n) is 13.2. The number of aliphatic hydroxyl groups excluding tert-OH is 1. The second kappa shape index (κ2) is 6.84. The highest BCUT2D eigenvalue weighted by Crippen LogP contribution is 2.38. The third-order valence-corrected chi connectivity index (χ3v) is 4.28. The number of hydrogen-bond acceptors (Lipinski definition) is 5. The van der Waals surface area contributed by atoms with Gasteiger partial charge in [-0.2, -0.15) is 0 Å². The van der Waals surface area contributed by atoms with Crippen molar-refractivity contribution < 1.29 is 14.6 Å². The SMILES string of the molecule is COc1cncc([C@@H](NC(=O)c2ccc(=O)[nH]c2)C2CC(O)C2)c1. The highest BCUT2D eigenvalue weighted by atomic mass is 16.5. The van der Waals surface area contributed by atoms with E-state index in [0.29, 0.717) is 24.2 Å². The highest BCUT2D eigenvalue weighted by molar-refractivity contribution is 5.94. The van der Waals surface area contributed by atoms with Crippen LogP contribution >= 0.6 is 0 Å². The maximum atomic E-state index is 12.5. The van der Waals surface area contributed by atoms with Crippen molar-refractivity contribution in [3.8, 4) is 5.75 Å². The van der Waals surface area contributed by atoms with Crippen molar-refractivity contribution >= 4 is 5.91 Å². The van der Waals surface area contributed by atoms with E-state index in [9.17, 15) is 14.7 Å². The first-order valence-electron chi connectivity index (χ1n) is 7.73. The van der Waals surface area contributed by atoms with Crippen LogP contribution in [0.15, 0.2) is 41.6 Å². The van der Waals surface area contributed by atoms with Gasteiger partial charge in [-0.3, -0.25) is 14.6 Å². The molecule has 3 N–H and O–H groups in total. The zero-order chi connectivity index (χ0) is 17.1. The van der Waals surface area contributed by atoms with E-state index in [2.05, 4.69) is 15.3 Å². The molecule has 2 aromatic rings. The summed E-state index contributed by atoms with van der Waals surface area (Å²) in [4.78, 5) is 30.2. The van der Waals surface area contributed by atoms with E-state index in [4.69, 9.17) is 4.74 Å². The van der Waals surface area contributed by atoms with Crippen LogP contribution in [-0.2, 0) is 0 Å². The summed E-state index contributed by atoms with van der Waals surface area (Å²) in [5.41, 5.74) is 0.932. The Labute approximate surface area is 138 Å². The average Bonchev–Trinajstić information content (AvgIpc) is 2.57. The molecule has 0 aliphatic heterocycles. The van der Waals surface area contributed by atoms with Gasteiger partial charge in [0.15, 0.2) is 0 Å². The molecule has 126 valence electrons. The molecule has 1 fully saturated rings. The standard InChI is InChI=1S/C17H19N3O4/c1-24-14-6-12(7-18-9-14)16(11-4-13(21)5-11)20-17(23)10-2-3-15(22)19-8-10/h2-3,6-9,11,13,16,21H,4-5H2,1H3,(H,19,22)(H,20,23)/t11?,13?,16-/m0/s1. The Hall–Kier alpha value is -2.67. The van der Waals surface area contributed by atoms with Gasteiger partial charge in [0.05, 0.1) is 31.0 Å². The Kier molecular flexibility index (Phi) is 4.61. The van der Waals surface area contributed by atoms with Crippen LogP contribution in [0, 0.1) is 5.92 Å². The first-order chi connectivity index (χ1) is 11.6. The third-order valence-electron chi connectivity index (χ3n) is 4.28. The maximum absolute atomic E-state index is 12.5. The largest absolute Gasteiger partial charge is 0.495 e. The van der Waals surface area contributed by atoms with Crippen molar-refractivity contribution in [3.05, 3.63) is 58.3 Å². The molecule has 0 spiro atoms. The molecule has 1 atom stereocenters. The fraction of sp³-hybridized carbons (Fsp3) is 0.353. The summed E-state index contributed by atoms with van der Waals surface area (Å²) in [7, 11) is 1.56. The number of ether oxygens (including phenoxy) is 1. The van der Waals surface area contributed by atoms with E-state index in [-0.39, 0.29) is 29.5 Å². The number of carbonyl (C=O) groups is 1. The lowest BCUT2D eigenvalue weighted by atomic mass is 9.75. The van der Waals surface area contributed by atoms with Crippen LogP contribution in [0.3, 0.4) is 0 Å². The molecule has 0 bridgehead atoms. The van der Waals surface area contributed by atoms with Gasteiger partial charge in [-0.05, 0) is 36.5 Å². The fourth-order valence-corrected chi connectivity index (χ4v) is 2.87. The number of rotatable bonds is 5.